The van der Waals surface area contributed by atoms with Gasteiger partial charge in [-0.3, -0.25) is 0 Å². The molecule has 7 heteroatoms. The molecule has 0 spiro atoms. The summed E-state index contributed by atoms with van der Waals surface area (Å²) in [5, 5.41) is 0.0459. The second-order valence-corrected chi connectivity index (χ2v) is 8.83. The molecule has 1 saturated heterocycles. The van der Waals surface area contributed by atoms with Gasteiger partial charge in [0, 0.05) is 17.2 Å². The second kappa shape index (κ2) is 6.61. The summed E-state index contributed by atoms with van der Waals surface area (Å²) in [5.74, 6) is 0.239. The summed E-state index contributed by atoms with van der Waals surface area (Å²) in [4.78, 5) is 0. The Labute approximate surface area is 139 Å². The van der Waals surface area contributed by atoms with Crippen molar-refractivity contribution in [2.45, 2.75) is 12.8 Å². The minimum absolute atomic E-state index is 0.0459. The van der Waals surface area contributed by atoms with E-state index in [9.17, 15) is 12.8 Å². The molecule has 0 N–H and O–H groups in total. The maximum Gasteiger partial charge on any atom is 0.150 e. The molecule has 0 radical (unpaired) electrons. The van der Waals surface area contributed by atoms with Crippen LogP contribution in [-0.4, -0.2) is 31.7 Å². The first-order valence-electron chi connectivity index (χ1n) is 6.58. The number of hydrogen-bond acceptors (Lipinski definition) is 2. The molecule has 1 aromatic carbocycles. The lowest BCUT2D eigenvalue weighted by molar-refractivity contribution is 0.244. The van der Waals surface area contributed by atoms with Gasteiger partial charge in [0.05, 0.1) is 16.5 Å². The normalized spacial score (nSPS) is 21.6. The summed E-state index contributed by atoms with van der Waals surface area (Å²) in [6.45, 7) is 0. The van der Waals surface area contributed by atoms with Gasteiger partial charge in [-0.15, -0.1) is 23.2 Å². The van der Waals surface area contributed by atoms with Gasteiger partial charge in [0.2, 0.25) is 0 Å². The number of rotatable bonds is 5. The van der Waals surface area contributed by atoms with E-state index in [4.69, 9.17) is 34.8 Å². The zero-order valence-corrected chi connectivity index (χ0v) is 14.4. The summed E-state index contributed by atoms with van der Waals surface area (Å²) in [7, 11) is -3.01. The fourth-order valence-electron chi connectivity index (χ4n) is 2.83. The van der Waals surface area contributed by atoms with Crippen LogP contribution in [0.3, 0.4) is 0 Å². The number of halogens is 4. The van der Waals surface area contributed by atoms with Gasteiger partial charge in [0.15, 0.2) is 9.84 Å². The zero-order chi connectivity index (χ0) is 15.7. The zero-order valence-electron chi connectivity index (χ0n) is 11.3. The Bertz CT molecular complexity index is 615. The van der Waals surface area contributed by atoms with Crippen molar-refractivity contribution in [3.05, 3.63) is 34.6 Å². The lowest BCUT2D eigenvalue weighted by Crippen LogP contribution is -2.37. The summed E-state index contributed by atoms with van der Waals surface area (Å²) in [6, 6.07) is 4.49. The van der Waals surface area contributed by atoms with Crippen molar-refractivity contribution in [1.29, 1.82) is 0 Å². The smallest absolute Gasteiger partial charge is 0.150 e. The van der Waals surface area contributed by atoms with Gasteiger partial charge < -0.3 is 0 Å². The minimum atomic E-state index is -3.01. The van der Waals surface area contributed by atoms with Crippen molar-refractivity contribution in [3.8, 4) is 0 Å². The number of alkyl halides is 2. The van der Waals surface area contributed by atoms with Gasteiger partial charge in [-0.25, -0.2) is 12.8 Å². The van der Waals surface area contributed by atoms with Crippen LogP contribution >= 0.6 is 34.8 Å². The fraction of sp³-hybridized carbons (Fsp3) is 0.571. The summed E-state index contributed by atoms with van der Waals surface area (Å²) >= 11 is 18.1. The van der Waals surface area contributed by atoms with Crippen LogP contribution in [0.15, 0.2) is 18.2 Å². The standard InChI is InChI=1S/C14H16Cl3FO2S/c15-8-14(9-16,11-3-4-21(19,20)7-11)6-10-1-2-13(18)12(17)5-10/h1-2,5,11H,3-4,6-9H2. The highest BCUT2D eigenvalue weighted by Crippen LogP contribution is 2.41. The molecule has 0 bridgehead atoms. The van der Waals surface area contributed by atoms with Crippen LogP contribution in [0.1, 0.15) is 12.0 Å². The topological polar surface area (TPSA) is 34.1 Å². The van der Waals surface area contributed by atoms with Crippen LogP contribution in [-0.2, 0) is 16.3 Å². The van der Waals surface area contributed by atoms with E-state index in [1.54, 1.807) is 12.1 Å². The van der Waals surface area contributed by atoms with Crippen LogP contribution in [0, 0.1) is 17.2 Å². The fourth-order valence-corrected chi connectivity index (χ4v) is 5.88. The highest BCUT2D eigenvalue weighted by atomic mass is 35.5. The molecule has 1 heterocycles. The predicted molar refractivity (Wildman–Crippen MR) is 85.7 cm³/mol. The molecule has 0 amide bonds. The molecule has 1 aromatic rings. The summed E-state index contributed by atoms with van der Waals surface area (Å²) in [6.07, 6.45) is 1.05. The Balaban J connectivity index is 2.27. The minimum Gasteiger partial charge on any atom is -0.229 e. The van der Waals surface area contributed by atoms with E-state index in [-0.39, 0.29) is 34.2 Å². The molecular weight excluding hydrogens is 358 g/mol. The van der Waals surface area contributed by atoms with Crippen LogP contribution in [0.5, 0.6) is 0 Å². The molecule has 2 rings (SSSR count). The first-order valence-corrected chi connectivity index (χ1v) is 9.85. The largest absolute Gasteiger partial charge is 0.229 e. The Kier molecular flexibility index (Phi) is 5.45. The van der Waals surface area contributed by atoms with Crippen molar-refractivity contribution in [2.24, 2.45) is 11.3 Å². The Morgan fingerprint density at radius 3 is 2.43 bits per heavy atom. The maximum atomic E-state index is 13.2. The Morgan fingerprint density at radius 2 is 1.95 bits per heavy atom. The van der Waals surface area contributed by atoms with Crippen LogP contribution < -0.4 is 0 Å². The molecule has 1 aliphatic heterocycles. The van der Waals surface area contributed by atoms with Gasteiger partial charge in [-0.2, -0.15) is 0 Å². The molecular formula is C14H16Cl3FO2S. The molecule has 118 valence electrons. The molecule has 1 fully saturated rings. The van der Waals surface area contributed by atoms with E-state index in [1.165, 1.54) is 6.07 Å². The number of sulfone groups is 1. The predicted octanol–water partition coefficient (Wildman–Crippen LogP) is 3.92. The first-order chi connectivity index (χ1) is 9.82. The molecule has 0 aliphatic carbocycles. The van der Waals surface area contributed by atoms with Gasteiger partial charge in [0.1, 0.15) is 5.82 Å². The van der Waals surface area contributed by atoms with Crippen molar-refractivity contribution >= 4 is 44.6 Å². The van der Waals surface area contributed by atoms with Crippen LogP contribution in [0.4, 0.5) is 4.39 Å². The molecule has 1 aliphatic rings. The molecule has 1 atom stereocenters. The lowest BCUT2D eigenvalue weighted by Gasteiger charge is -2.35. The molecule has 1 unspecified atom stereocenters. The number of hydrogen-bond donors (Lipinski definition) is 0. The molecule has 0 aromatic heterocycles. The molecule has 21 heavy (non-hydrogen) atoms. The first kappa shape index (κ1) is 17.3. The van der Waals surface area contributed by atoms with Crippen molar-refractivity contribution in [2.75, 3.05) is 23.3 Å². The Morgan fingerprint density at radius 1 is 1.29 bits per heavy atom. The highest BCUT2D eigenvalue weighted by molar-refractivity contribution is 7.91. The van der Waals surface area contributed by atoms with Gasteiger partial charge in [0.25, 0.3) is 0 Å². The quantitative estimate of drug-likeness (QED) is 0.733. The second-order valence-electron chi connectivity index (χ2n) is 5.65. The molecule has 2 nitrogen and oxygen atoms in total. The van der Waals surface area contributed by atoms with Crippen molar-refractivity contribution < 1.29 is 12.8 Å². The van der Waals surface area contributed by atoms with E-state index in [2.05, 4.69) is 0 Å². The lowest BCUT2D eigenvalue weighted by atomic mass is 9.73. The summed E-state index contributed by atoms with van der Waals surface area (Å²) in [5.41, 5.74) is 0.292. The third-order valence-electron chi connectivity index (χ3n) is 4.17. The van der Waals surface area contributed by atoms with Crippen LogP contribution in [0.2, 0.25) is 5.02 Å². The van der Waals surface area contributed by atoms with E-state index >= 15 is 0 Å². The highest BCUT2D eigenvalue weighted by Gasteiger charge is 2.43. The monoisotopic (exact) mass is 372 g/mol. The van der Waals surface area contributed by atoms with Crippen molar-refractivity contribution in [1.82, 2.24) is 0 Å². The third kappa shape index (κ3) is 3.84. The average Bonchev–Trinajstić information content (AvgIpc) is 2.81. The third-order valence-corrected chi connectivity index (χ3v) is 7.29. The average molecular weight is 374 g/mol. The van der Waals surface area contributed by atoms with Crippen LogP contribution in [0.25, 0.3) is 0 Å². The maximum absolute atomic E-state index is 13.2. The van der Waals surface area contributed by atoms with Gasteiger partial charge in [-0.05, 0) is 36.5 Å². The van der Waals surface area contributed by atoms with E-state index < -0.39 is 21.1 Å². The summed E-state index contributed by atoms with van der Waals surface area (Å²) < 4.78 is 36.7. The number of benzene rings is 1. The molecule has 0 saturated carbocycles. The van der Waals surface area contributed by atoms with E-state index in [0.29, 0.717) is 12.8 Å². The van der Waals surface area contributed by atoms with Gasteiger partial charge >= 0.3 is 0 Å². The Hall–Kier alpha value is -0.0300. The van der Waals surface area contributed by atoms with Gasteiger partial charge in [-0.1, -0.05) is 17.7 Å². The van der Waals surface area contributed by atoms with E-state index in [0.717, 1.165) is 5.56 Å². The van der Waals surface area contributed by atoms with E-state index in [1.807, 2.05) is 0 Å². The SMILES string of the molecule is O=S1(=O)CCC(C(CCl)(CCl)Cc2ccc(F)c(Cl)c2)C1. The van der Waals surface area contributed by atoms with Crippen molar-refractivity contribution in [3.63, 3.8) is 0 Å².